The summed E-state index contributed by atoms with van der Waals surface area (Å²) in [5, 5.41) is 12.4. The maximum atomic E-state index is 12.6. The molecule has 0 unspecified atom stereocenters. The van der Waals surface area contributed by atoms with Crippen LogP contribution < -0.4 is 5.32 Å². The van der Waals surface area contributed by atoms with Crippen LogP contribution >= 0.6 is 39.0 Å². The van der Waals surface area contributed by atoms with Crippen LogP contribution in [0.15, 0.2) is 26.4 Å². The molecule has 3 aromatic heterocycles. The topological polar surface area (TPSA) is 99.3 Å². The number of methoxy groups -OCH3 is 1. The highest BCUT2D eigenvalue weighted by atomic mass is 79.9. The van der Waals surface area contributed by atoms with E-state index in [2.05, 4.69) is 31.4 Å². The van der Waals surface area contributed by atoms with Crippen LogP contribution in [0.2, 0.25) is 0 Å². The summed E-state index contributed by atoms with van der Waals surface area (Å²) in [7, 11) is 1.34. The van der Waals surface area contributed by atoms with Crippen molar-refractivity contribution in [2.24, 2.45) is 0 Å². The minimum atomic E-state index is -0.445. The summed E-state index contributed by atoms with van der Waals surface area (Å²) < 4.78 is 13.0. The number of nitrogens with zero attached hydrogens (tertiary/aromatic N) is 3. The zero-order valence-electron chi connectivity index (χ0n) is 16.9. The van der Waals surface area contributed by atoms with E-state index in [1.165, 1.54) is 30.2 Å². The van der Waals surface area contributed by atoms with Crippen LogP contribution in [0, 0.1) is 6.92 Å². The van der Waals surface area contributed by atoms with Crippen molar-refractivity contribution in [2.75, 3.05) is 18.2 Å². The number of thiophene rings is 1. The van der Waals surface area contributed by atoms with Crippen LogP contribution in [0.1, 0.15) is 34.6 Å². The van der Waals surface area contributed by atoms with Crippen molar-refractivity contribution in [3.05, 3.63) is 32.8 Å². The molecular weight excluding hydrogens is 492 g/mol. The quantitative estimate of drug-likeness (QED) is 0.342. The van der Waals surface area contributed by atoms with Crippen molar-refractivity contribution in [3.63, 3.8) is 0 Å². The average molecular weight is 513 g/mol. The predicted molar refractivity (Wildman–Crippen MR) is 120 cm³/mol. The van der Waals surface area contributed by atoms with Crippen LogP contribution in [-0.4, -0.2) is 39.5 Å². The number of carbonyl (C=O) groups excluding carboxylic acids is 2. The molecule has 3 heterocycles. The second-order valence-corrected chi connectivity index (χ2v) is 9.13. The van der Waals surface area contributed by atoms with E-state index in [0.29, 0.717) is 44.9 Å². The second kappa shape index (κ2) is 9.80. The second-order valence-electron chi connectivity index (χ2n) is 6.18. The van der Waals surface area contributed by atoms with Gasteiger partial charge in [0, 0.05) is 11.4 Å². The fourth-order valence-corrected chi connectivity index (χ4v) is 5.26. The Morgan fingerprint density at radius 1 is 1.33 bits per heavy atom. The Kier molecular flexibility index (Phi) is 7.37. The zero-order chi connectivity index (χ0) is 21.8. The van der Waals surface area contributed by atoms with E-state index in [-0.39, 0.29) is 11.7 Å². The molecular formula is C19H21BrN4O4S2. The fraction of sp³-hybridized carbons (Fsp3) is 0.368. The minimum Gasteiger partial charge on any atom is -0.465 e. The Bertz CT molecular complexity index is 1070. The lowest BCUT2D eigenvalue weighted by molar-refractivity contribution is -0.113. The molecule has 0 aliphatic carbocycles. The van der Waals surface area contributed by atoms with E-state index in [4.69, 9.17) is 9.15 Å². The molecule has 1 N–H and O–H groups in total. The molecule has 3 rings (SSSR count). The maximum absolute atomic E-state index is 12.6. The number of anilines is 1. The number of carbonyl (C=O) groups is 2. The van der Waals surface area contributed by atoms with Crippen molar-refractivity contribution in [2.45, 2.75) is 38.9 Å². The molecule has 0 saturated heterocycles. The molecule has 0 saturated carbocycles. The van der Waals surface area contributed by atoms with Gasteiger partial charge in [-0.3, -0.25) is 9.36 Å². The number of esters is 1. The molecule has 0 bridgehead atoms. The first-order valence-corrected chi connectivity index (χ1v) is 11.8. The molecule has 0 fully saturated rings. The van der Waals surface area contributed by atoms with E-state index in [1.807, 2.05) is 25.3 Å². The van der Waals surface area contributed by atoms with Gasteiger partial charge >= 0.3 is 5.97 Å². The van der Waals surface area contributed by atoms with Gasteiger partial charge in [0.15, 0.2) is 15.6 Å². The van der Waals surface area contributed by atoms with E-state index < -0.39 is 5.97 Å². The predicted octanol–water partition coefficient (Wildman–Crippen LogP) is 4.77. The van der Waals surface area contributed by atoms with Gasteiger partial charge in [-0.05, 0) is 53.9 Å². The molecule has 0 atom stereocenters. The Hall–Kier alpha value is -2.11. The van der Waals surface area contributed by atoms with Crippen LogP contribution in [0.4, 0.5) is 5.00 Å². The molecule has 30 heavy (non-hydrogen) atoms. The molecule has 1 amide bonds. The summed E-state index contributed by atoms with van der Waals surface area (Å²) in [6.07, 6.45) is 0.683. The Balaban J connectivity index is 1.73. The molecule has 8 nitrogen and oxygen atoms in total. The SMILES string of the molecule is CCc1c(C)sc(NC(=O)CSc2nnc(-c3ccc(Br)o3)n2CC)c1C(=O)OC. The van der Waals surface area contributed by atoms with Gasteiger partial charge in [-0.15, -0.1) is 21.5 Å². The van der Waals surface area contributed by atoms with Crippen molar-refractivity contribution in [1.29, 1.82) is 0 Å². The number of rotatable bonds is 8. The highest BCUT2D eigenvalue weighted by Gasteiger charge is 2.23. The number of nitrogens with one attached hydrogen (secondary N) is 1. The largest absolute Gasteiger partial charge is 0.465 e. The Labute approximate surface area is 190 Å². The maximum Gasteiger partial charge on any atom is 0.341 e. The fourth-order valence-electron chi connectivity index (χ4n) is 3.00. The molecule has 0 aliphatic heterocycles. The van der Waals surface area contributed by atoms with Crippen molar-refractivity contribution < 1.29 is 18.7 Å². The number of halogens is 1. The van der Waals surface area contributed by atoms with Crippen LogP contribution in [0.5, 0.6) is 0 Å². The Morgan fingerprint density at radius 2 is 2.10 bits per heavy atom. The van der Waals surface area contributed by atoms with Crippen LogP contribution in [-0.2, 0) is 22.5 Å². The van der Waals surface area contributed by atoms with Gasteiger partial charge in [-0.2, -0.15) is 0 Å². The monoisotopic (exact) mass is 512 g/mol. The van der Waals surface area contributed by atoms with Gasteiger partial charge in [0.1, 0.15) is 5.00 Å². The minimum absolute atomic E-state index is 0.124. The molecule has 11 heteroatoms. The zero-order valence-corrected chi connectivity index (χ0v) is 20.2. The third-order valence-corrected chi connectivity index (χ3v) is 6.82. The third-order valence-electron chi connectivity index (χ3n) is 4.36. The van der Waals surface area contributed by atoms with Gasteiger partial charge < -0.3 is 14.5 Å². The summed E-state index contributed by atoms with van der Waals surface area (Å²) >= 11 is 5.93. The van der Waals surface area contributed by atoms with E-state index in [1.54, 1.807) is 12.1 Å². The van der Waals surface area contributed by atoms with Crippen molar-refractivity contribution in [3.8, 4) is 11.6 Å². The summed E-state index contributed by atoms with van der Waals surface area (Å²) in [6.45, 7) is 6.49. The van der Waals surface area contributed by atoms with Crippen molar-refractivity contribution >= 4 is 55.9 Å². The van der Waals surface area contributed by atoms with Crippen LogP contribution in [0.25, 0.3) is 11.6 Å². The van der Waals surface area contributed by atoms with E-state index in [9.17, 15) is 9.59 Å². The normalized spacial score (nSPS) is 11.0. The number of furan rings is 1. The first-order valence-electron chi connectivity index (χ1n) is 9.21. The number of thioether (sulfide) groups is 1. The van der Waals surface area contributed by atoms with E-state index in [0.717, 1.165) is 10.4 Å². The summed E-state index contributed by atoms with van der Waals surface area (Å²) in [6, 6.07) is 3.59. The highest BCUT2D eigenvalue weighted by Crippen LogP contribution is 2.34. The lowest BCUT2D eigenvalue weighted by atomic mass is 10.1. The van der Waals surface area contributed by atoms with Crippen LogP contribution in [0.3, 0.4) is 0 Å². The lowest BCUT2D eigenvalue weighted by Gasteiger charge is -2.08. The van der Waals surface area contributed by atoms with Gasteiger partial charge in [0.05, 0.1) is 18.4 Å². The van der Waals surface area contributed by atoms with Gasteiger partial charge in [-0.1, -0.05) is 18.7 Å². The average Bonchev–Trinajstić information content (AvgIpc) is 3.41. The molecule has 0 radical (unpaired) electrons. The summed E-state index contributed by atoms with van der Waals surface area (Å²) in [5.41, 5.74) is 1.33. The third kappa shape index (κ3) is 4.62. The number of aryl methyl sites for hydroxylation is 1. The molecule has 160 valence electrons. The molecule has 0 spiro atoms. The highest BCUT2D eigenvalue weighted by molar-refractivity contribution is 9.10. The number of amides is 1. The number of hydrogen-bond acceptors (Lipinski definition) is 8. The number of hydrogen-bond donors (Lipinski definition) is 1. The molecule has 0 aromatic carbocycles. The molecule has 3 aromatic rings. The van der Waals surface area contributed by atoms with E-state index >= 15 is 0 Å². The van der Waals surface area contributed by atoms with Gasteiger partial charge in [-0.25, -0.2) is 4.79 Å². The Morgan fingerprint density at radius 3 is 2.70 bits per heavy atom. The molecule has 0 aliphatic rings. The summed E-state index contributed by atoms with van der Waals surface area (Å²) in [4.78, 5) is 25.8. The van der Waals surface area contributed by atoms with Gasteiger partial charge in [0.25, 0.3) is 0 Å². The summed E-state index contributed by atoms with van der Waals surface area (Å²) in [5.74, 6) is 0.636. The number of aromatic nitrogens is 3. The first kappa shape index (κ1) is 22.6. The lowest BCUT2D eigenvalue weighted by Crippen LogP contribution is -2.16. The smallest absolute Gasteiger partial charge is 0.341 e. The first-order chi connectivity index (χ1) is 14.4. The van der Waals surface area contributed by atoms with Crippen molar-refractivity contribution in [1.82, 2.24) is 14.8 Å². The standard InChI is InChI=1S/C19H21BrN4O4S2/c1-5-11-10(3)30-17(15(11)18(26)27-4)21-14(25)9-29-19-23-22-16(24(19)6-2)12-7-8-13(20)28-12/h7-8H,5-6,9H2,1-4H3,(H,21,25). The van der Waals surface area contributed by atoms with Gasteiger partial charge in [0.2, 0.25) is 11.7 Å². The number of ether oxygens (including phenoxy) is 1.